The van der Waals surface area contributed by atoms with E-state index in [1.165, 1.54) is 31.7 Å². The van der Waals surface area contributed by atoms with E-state index in [9.17, 15) is 10.1 Å². The highest BCUT2D eigenvalue weighted by molar-refractivity contribution is 5.51. The Morgan fingerprint density at radius 2 is 2.12 bits per heavy atom. The van der Waals surface area contributed by atoms with Crippen LogP contribution in [0.3, 0.4) is 0 Å². The number of nitrogens with one attached hydrogen (secondary N) is 1. The van der Waals surface area contributed by atoms with Gasteiger partial charge < -0.3 is 5.32 Å². The molecule has 0 heterocycles. The molecule has 0 aliphatic heterocycles. The Balaban J connectivity index is 2.02. The zero-order valence-electron chi connectivity index (χ0n) is 10.1. The zero-order valence-corrected chi connectivity index (χ0v) is 10.1. The van der Waals surface area contributed by atoms with Crippen molar-refractivity contribution in [2.45, 2.75) is 38.6 Å². The molecular weight excluding hydrogens is 216 g/mol. The lowest BCUT2D eigenvalue weighted by molar-refractivity contribution is -0.384. The van der Waals surface area contributed by atoms with E-state index in [2.05, 4.69) is 12.2 Å². The molecule has 4 nitrogen and oxygen atoms in total. The maximum Gasteiger partial charge on any atom is 0.271 e. The lowest BCUT2D eigenvalue weighted by Gasteiger charge is -2.21. The number of benzene rings is 1. The fourth-order valence-electron chi connectivity index (χ4n) is 2.55. The predicted molar refractivity (Wildman–Crippen MR) is 68.1 cm³/mol. The second-order valence-corrected chi connectivity index (χ2v) is 4.78. The van der Waals surface area contributed by atoms with Crippen LogP contribution in [0.25, 0.3) is 0 Å². The number of hydrogen-bond acceptors (Lipinski definition) is 3. The van der Waals surface area contributed by atoms with Gasteiger partial charge in [-0.3, -0.25) is 10.1 Å². The van der Waals surface area contributed by atoms with Crippen molar-refractivity contribution in [1.29, 1.82) is 0 Å². The molecule has 1 aliphatic rings. The quantitative estimate of drug-likeness (QED) is 0.639. The highest BCUT2D eigenvalue weighted by Gasteiger charge is 2.21. The van der Waals surface area contributed by atoms with Gasteiger partial charge in [0, 0.05) is 23.9 Å². The van der Waals surface area contributed by atoms with Crippen molar-refractivity contribution < 1.29 is 4.92 Å². The summed E-state index contributed by atoms with van der Waals surface area (Å²) in [4.78, 5) is 10.3. The molecule has 1 aromatic carbocycles. The summed E-state index contributed by atoms with van der Waals surface area (Å²) in [6, 6.07) is 7.12. The Kier molecular flexibility index (Phi) is 3.61. The van der Waals surface area contributed by atoms with Gasteiger partial charge in [-0.25, -0.2) is 0 Å². The number of hydrogen-bond donors (Lipinski definition) is 1. The van der Waals surface area contributed by atoms with E-state index in [0.29, 0.717) is 12.0 Å². The van der Waals surface area contributed by atoms with Gasteiger partial charge in [0.2, 0.25) is 0 Å². The molecule has 1 saturated carbocycles. The van der Waals surface area contributed by atoms with E-state index in [1.807, 2.05) is 6.07 Å². The Bertz CT molecular complexity index is 400. The van der Waals surface area contributed by atoms with Crippen LogP contribution in [0, 0.1) is 16.0 Å². The third-order valence-corrected chi connectivity index (χ3v) is 3.56. The van der Waals surface area contributed by atoms with Crippen LogP contribution < -0.4 is 5.32 Å². The minimum atomic E-state index is -0.356. The number of nitro groups is 1. The average molecular weight is 234 g/mol. The summed E-state index contributed by atoms with van der Waals surface area (Å²) in [7, 11) is 0. The fourth-order valence-corrected chi connectivity index (χ4v) is 2.55. The summed E-state index contributed by atoms with van der Waals surface area (Å²) in [6.45, 7) is 2.16. The number of rotatable bonds is 4. The summed E-state index contributed by atoms with van der Waals surface area (Å²) in [6.07, 6.45) is 5.16. The van der Waals surface area contributed by atoms with Crippen molar-refractivity contribution in [3.8, 4) is 0 Å². The lowest BCUT2D eigenvalue weighted by Crippen LogP contribution is -2.23. The number of non-ortho nitro benzene ring substituents is 1. The molecule has 1 aromatic rings. The molecule has 0 spiro atoms. The van der Waals surface area contributed by atoms with Gasteiger partial charge in [-0.15, -0.1) is 0 Å². The van der Waals surface area contributed by atoms with E-state index >= 15 is 0 Å². The summed E-state index contributed by atoms with van der Waals surface area (Å²) < 4.78 is 0. The average Bonchev–Trinajstić information content (AvgIpc) is 2.82. The van der Waals surface area contributed by atoms with Crippen molar-refractivity contribution in [3.05, 3.63) is 34.4 Å². The van der Waals surface area contributed by atoms with Gasteiger partial charge in [0.05, 0.1) is 4.92 Å². The molecule has 0 saturated heterocycles. The van der Waals surface area contributed by atoms with Gasteiger partial charge in [0.25, 0.3) is 5.69 Å². The molecule has 1 aliphatic carbocycles. The predicted octanol–water partition coefficient (Wildman–Crippen LogP) is 3.59. The molecule has 2 rings (SSSR count). The summed E-state index contributed by atoms with van der Waals surface area (Å²) in [5.74, 6) is 0.703. The number of anilines is 1. The first-order chi connectivity index (χ1) is 8.16. The van der Waals surface area contributed by atoms with Crippen molar-refractivity contribution in [1.82, 2.24) is 0 Å². The molecular formula is C13H18N2O2. The first-order valence-corrected chi connectivity index (χ1v) is 6.18. The van der Waals surface area contributed by atoms with E-state index in [4.69, 9.17) is 0 Å². The minimum absolute atomic E-state index is 0.147. The lowest BCUT2D eigenvalue weighted by atomic mass is 9.99. The summed E-state index contributed by atoms with van der Waals surface area (Å²) >= 11 is 0. The molecule has 1 atom stereocenters. The Morgan fingerprint density at radius 1 is 1.41 bits per heavy atom. The van der Waals surface area contributed by atoms with Crippen LogP contribution in [-0.2, 0) is 0 Å². The Hall–Kier alpha value is -1.58. The third kappa shape index (κ3) is 2.96. The van der Waals surface area contributed by atoms with Gasteiger partial charge in [0.1, 0.15) is 0 Å². The first-order valence-electron chi connectivity index (χ1n) is 6.18. The van der Waals surface area contributed by atoms with Crippen LogP contribution in [0.2, 0.25) is 0 Å². The largest absolute Gasteiger partial charge is 0.382 e. The SMILES string of the molecule is CC(Nc1cccc([N+](=O)[O-])c1)C1CCCC1. The highest BCUT2D eigenvalue weighted by Crippen LogP contribution is 2.29. The fraction of sp³-hybridized carbons (Fsp3) is 0.538. The highest BCUT2D eigenvalue weighted by atomic mass is 16.6. The van der Waals surface area contributed by atoms with Gasteiger partial charge in [-0.2, -0.15) is 0 Å². The van der Waals surface area contributed by atoms with Crippen LogP contribution >= 0.6 is 0 Å². The van der Waals surface area contributed by atoms with Gasteiger partial charge in [0.15, 0.2) is 0 Å². The van der Waals surface area contributed by atoms with Gasteiger partial charge >= 0.3 is 0 Å². The van der Waals surface area contributed by atoms with Gasteiger partial charge in [-0.05, 0) is 31.7 Å². The molecule has 0 aromatic heterocycles. The summed E-state index contributed by atoms with van der Waals surface area (Å²) in [5, 5.41) is 14.0. The van der Waals surface area contributed by atoms with E-state index < -0.39 is 0 Å². The monoisotopic (exact) mass is 234 g/mol. The zero-order chi connectivity index (χ0) is 12.3. The standard InChI is InChI=1S/C13H18N2O2/c1-10(11-5-2-3-6-11)14-12-7-4-8-13(9-12)15(16)17/h4,7-11,14H,2-3,5-6H2,1H3. The van der Waals surface area contributed by atoms with Crippen LogP contribution in [0.15, 0.2) is 24.3 Å². The molecule has 0 bridgehead atoms. The van der Waals surface area contributed by atoms with Crippen LogP contribution in [0.1, 0.15) is 32.6 Å². The smallest absolute Gasteiger partial charge is 0.271 e. The van der Waals surface area contributed by atoms with Gasteiger partial charge in [-0.1, -0.05) is 18.9 Å². The second kappa shape index (κ2) is 5.17. The third-order valence-electron chi connectivity index (χ3n) is 3.56. The second-order valence-electron chi connectivity index (χ2n) is 4.78. The Labute approximate surface area is 101 Å². The van der Waals surface area contributed by atoms with Crippen molar-refractivity contribution >= 4 is 11.4 Å². The van der Waals surface area contributed by atoms with E-state index in [1.54, 1.807) is 12.1 Å². The Morgan fingerprint density at radius 3 is 2.76 bits per heavy atom. The van der Waals surface area contributed by atoms with Crippen LogP contribution in [0.4, 0.5) is 11.4 Å². The number of nitrogens with zero attached hydrogens (tertiary/aromatic N) is 1. The molecule has 1 N–H and O–H groups in total. The maximum absolute atomic E-state index is 10.7. The van der Waals surface area contributed by atoms with Crippen LogP contribution in [0.5, 0.6) is 0 Å². The molecule has 4 heteroatoms. The molecule has 92 valence electrons. The number of nitro benzene ring substituents is 1. The normalized spacial score (nSPS) is 17.9. The topological polar surface area (TPSA) is 55.2 Å². The van der Waals surface area contributed by atoms with Crippen molar-refractivity contribution in [2.24, 2.45) is 5.92 Å². The molecule has 1 fully saturated rings. The molecule has 0 amide bonds. The van der Waals surface area contributed by atoms with Crippen molar-refractivity contribution in [2.75, 3.05) is 5.32 Å². The van der Waals surface area contributed by atoms with Crippen LogP contribution in [-0.4, -0.2) is 11.0 Å². The molecule has 0 radical (unpaired) electrons. The van der Waals surface area contributed by atoms with E-state index in [0.717, 1.165) is 5.69 Å². The maximum atomic E-state index is 10.7. The van der Waals surface area contributed by atoms with E-state index in [-0.39, 0.29) is 10.6 Å². The molecule has 17 heavy (non-hydrogen) atoms. The first kappa shape index (κ1) is 11.9. The van der Waals surface area contributed by atoms with Crippen molar-refractivity contribution in [3.63, 3.8) is 0 Å². The molecule has 1 unspecified atom stereocenters. The minimum Gasteiger partial charge on any atom is -0.382 e. The summed E-state index contributed by atoms with van der Waals surface area (Å²) in [5.41, 5.74) is 0.993.